The molecule has 0 radical (unpaired) electrons. The Balaban J connectivity index is 1.78. The minimum atomic E-state index is -0.948. The van der Waals surface area contributed by atoms with E-state index in [1.807, 2.05) is 48.5 Å². The van der Waals surface area contributed by atoms with Crippen LogP contribution in [0.15, 0.2) is 72.8 Å². The van der Waals surface area contributed by atoms with E-state index in [9.17, 15) is 19.8 Å². The maximum Gasteiger partial charge on any atom is 0.224 e. The van der Waals surface area contributed by atoms with Gasteiger partial charge < -0.3 is 49.3 Å². The van der Waals surface area contributed by atoms with Crippen molar-refractivity contribution in [2.45, 2.75) is 25.9 Å². The number of ether oxygens (including phenoxy) is 6. The van der Waals surface area contributed by atoms with Crippen molar-refractivity contribution in [2.75, 3.05) is 42.7 Å². The number of carbonyl (C=O) groups excluding carboxylic acids is 2. The number of benzene rings is 4. The zero-order valence-electron chi connectivity index (χ0n) is 29.1. The normalized spacial score (nSPS) is 11.9. The van der Waals surface area contributed by atoms with E-state index in [0.29, 0.717) is 22.6 Å². The fourth-order valence-corrected chi connectivity index (χ4v) is 5.68. The standard InChI is InChI=1S/C38H44N2O10/c1-45-27-11-7-9-23(13-27)21-39-37(43)29(15-25-17-31(47-3)35(41)32(18-25)48-4)30(16-26-19-33(49-5)36(42)34(20-26)50-6)38(44)40-22-24-10-8-12-28(14-24)46-2/h7-14,17-20,29-30,41-42H,15-16,21-22H2,1-6H3,(H,39,43)(H,40,44)/t29-,30+. The van der Waals surface area contributed by atoms with Gasteiger partial charge in [0.25, 0.3) is 0 Å². The highest BCUT2D eigenvalue weighted by Crippen LogP contribution is 2.40. The van der Waals surface area contributed by atoms with E-state index in [2.05, 4.69) is 10.6 Å². The minimum Gasteiger partial charge on any atom is -0.502 e. The van der Waals surface area contributed by atoms with Gasteiger partial charge in [0.05, 0.1) is 54.5 Å². The summed E-state index contributed by atoms with van der Waals surface area (Å²) in [6, 6.07) is 21.1. The molecule has 12 nitrogen and oxygen atoms in total. The number of methoxy groups -OCH3 is 6. The molecule has 4 N–H and O–H groups in total. The van der Waals surface area contributed by atoms with E-state index < -0.39 is 23.7 Å². The molecule has 4 aromatic rings. The maximum atomic E-state index is 14.3. The van der Waals surface area contributed by atoms with Crippen LogP contribution in [0.25, 0.3) is 0 Å². The first kappa shape index (κ1) is 37.0. The molecule has 0 aromatic heterocycles. The van der Waals surface area contributed by atoms with E-state index in [4.69, 9.17) is 28.4 Å². The predicted molar refractivity (Wildman–Crippen MR) is 186 cm³/mol. The molecule has 0 saturated heterocycles. The van der Waals surface area contributed by atoms with Crippen LogP contribution in [0.5, 0.6) is 46.0 Å². The topological polar surface area (TPSA) is 154 Å². The third kappa shape index (κ3) is 9.22. The zero-order chi connectivity index (χ0) is 36.2. The number of nitrogens with one attached hydrogen (secondary N) is 2. The minimum absolute atomic E-state index is 0.0700. The average molecular weight is 689 g/mol. The van der Waals surface area contributed by atoms with E-state index in [1.165, 1.54) is 28.4 Å². The summed E-state index contributed by atoms with van der Waals surface area (Å²) in [6.07, 6.45) is 0.140. The first-order valence-corrected chi connectivity index (χ1v) is 15.8. The SMILES string of the molecule is COc1cccc(CNC(=O)[C@@H](Cc2cc(OC)c(O)c(OC)c2)[C@@H](Cc2cc(OC)c(O)c(OC)c2)C(=O)NCc2cccc(OC)c2)c1. The van der Waals surface area contributed by atoms with E-state index >= 15 is 0 Å². The Labute approximate surface area is 291 Å². The smallest absolute Gasteiger partial charge is 0.224 e. The number of phenols is 2. The van der Waals surface area contributed by atoms with Crippen LogP contribution >= 0.6 is 0 Å². The second kappa shape index (κ2) is 17.6. The zero-order valence-corrected chi connectivity index (χ0v) is 29.1. The van der Waals surface area contributed by atoms with Crippen molar-refractivity contribution in [3.05, 3.63) is 95.1 Å². The van der Waals surface area contributed by atoms with E-state index in [-0.39, 0.29) is 60.4 Å². The molecule has 266 valence electrons. The lowest BCUT2D eigenvalue weighted by molar-refractivity contribution is -0.135. The highest BCUT2D eigenvalue weighted by Gasteiger charge is 2.35. The molecule has 0 aliphatic rings. The number of hydrogen-bond acceptors (Lipinski definition) is 10. The van der Waals surface area contributed by atoms with Crippen molar-refractivity contribution in [3.63, 3.8) is 0 Å². The van der Waals surface area contributed by atoms with Gasteiger partial charge in [-0.3, -0.25) is 9.59 Å². The van der Waals surface area contributed by atoms with E-state index in [0.717, 1.165) is 11.1 Å². The van der Waals surface area contributed by atoms with Crippen LogP contribution < -0.4 is 39.1 Å². The molecular weight excluding hydrogens is 644 g/mol. The molecule has 2 atom stereocenters. The molecule has 0 heterocycles. The summed E-state index contributed by atoms with van der Waals surface area (Å²) in [5.74, 6) is -1.15. The molecule has 0 aliphatic carbocycles. The molecule has 0 saturated carbocycles. The number of rotatable bonds is 17. The second-order valence-electron chi connectivity index (χ2n) is 11.5. The first-order chi connectivity index (χ1) is 24.1. The van der Waals surface area contributed by atoms with Crippen LogP contribution in [0.1, 0.15) is 22.3 Å². The van der Waals surface area contributed by atoms with Crippen LogP contribution in [0.3, 0.4) is 0 Å². The van der Waals surface area contributed by atoms with E-state index in [1.54, 1.807) is 38.5 Å². The highest BCUT2D eigenvalue weighted by atomic mass is 16.5. The van der Waals surface area contributed by atoms with Gasteiger partial charge in [0.15, 0.2) is 23.0 Å². The number of amides is 2. The summed E-state index contributed by atoms with van der Waals surface area (Å²) in [7, 11) is 8.79. The quantitative estimate of drug-likeness (QED) is 0.122. The number of phenolic OH excluding ortho intramolecular Hbond substituents is 2. The van der Waals surface area contributed by atoms with Crippen LogP contribution in [-0.4, -0.2) is 64.7 Å². The Morgan fingerprint density at radius 1 is 0.520 bits per heavy atom. The summed E-state index contributed by atoms with van der Waals surface area (Å²) >= 11 is 0. The predicted octanol–water partition coefficient (Wildman–Crippen LogP) is 4.80. The monoisotopic (exact) mass is 688 g/mol. The van der Waals surface area contributed by atoms with Gasteiger partial charge in [0.1, 0.15) is 11.5 Å². The molecule has 0 fully saturated rings. The molecule has 0 bridgehead atoms. The van der Waals surface area contributed by atoms with Crippen molar-refractivity contribution in [3.8, 4) is 46.0 Å². The molecule has 12 heteroatoms. The Morgan fingerprint density at radius 2 is 0.860 bits per heavy atom. The summed E-state index contributed by atoms with van der Waals surface area (Å²) in [4.78, 5) is 28.6. The number of carbonyl (C=O) groups is 2. The van der Waals surface area contributed by atoms with Crippen molar-refractivity contribution in [2.24, 2.45) is 11.8 Å². The summed E-state index contributed by atoms with van der Waals surface area (Å²) in [5.41, 5.74) is 2.78. The van der Waals surface area contributed by atoms with Crippen molar-refractivity contribution < 1.29 is 48.2 Å². The molecule has 4 aromatic carbocycles. The Bertz CT molecular complexity index is 1600. The van der Waals surface area contributed by atoms with Crippen LogP contribution in [0.4, 0.5) is 0 Å². The lowest BCUT2D eigenvalue weighted by Gasteiger charge is -2.27. The summed E-state index contributed by atoms with van der Waals surface area (Å²) in [5, 5.41) is 27.2. The third-order valence-electron chi connectivity index (χ3n) is 8.35. The number of aromatic hydroxyl groups is 2. The Morgan fingerprint density at radius 3 is 1.16 bits per heavy atom. The van der Waals surface area contributed by atoms with Crippen molar-refractivity contribution >= 4 is 11.8 Å². The van der Waals surface area contributed by atoms with Gasteiger partial charge in [-0.1, -0.05) is 24.3 Å². The fraction of sp³-hybridized carbons (Fsp3) is 0.316. The Kier molecular flexibility index (Phi) is 13.0. The molecular formula is C38H44N2O10. The van der Waals surface area contributed by atoms with Gasteiger partial charge >= 0.3 is 0 Å². The highest BCUT2D eigenvalue weighted by molar-refractivity contribution is 5.88. The van der Waals surface area contributed by atoms with Gasteiger partial charge in [-0.2, -0.15) is 0 Å². The van der Waals surface area contributed by atoms with Crippen molar-refractivity contribution in [1.29, 1.82) is 0 Å². The fourth-order valence-electron chi connectivity index (χ4n) is 5.68. The summed E-state index contributed by atoms with van der Waals surface area (Å²) in [6.45, 7) is 0.349. The molecule has 0 unspecified atom stereocenters. The van der Waals surface area contributed by atoms with Crippen LogP contribution in [-0.2, 0) is 35.5 Å². The van der Waals surface area contributed by atoms with Gasteiger partial charge in [-0.25, -0.2) is 0 Å². The van der Waals surface area contributed by atoms with Crippen molar-refractivity contribution in [1.82, 2.24) is 10.6 Å². The average Bonchev–Trinajstić information content (AvgIpc) is 3.15. The first-order valence-electron chi connectivity index (χ1n) is 15.8. The summed E-state index contributed by atoms with van der Waals surface area (Å²) < 4.78 is 32.2. The maximum absolute atomic E-state index is 14.3. The molecule has 0 spiro atoms. The second-order valence-corrected chi connectivity index (χ2v) is 11.5. The molecule has 50 heavy (non-hydrogen) atoms. The van der Waals surface area contributed by atoms with Gasteiger partial charge in [0, 0.05) is 13.1 Å². The lowest BCUT2D eigenvalue weighted by Crippen LogP contribution is -2.44. The van der Waals surface area contributed by atoms with Gasteiger partial charge in [-0.05, 0) is 83.6 Å². The Hall–Kier alpha value is -5.78. The van der Waals surface area contributed by atoms with Crippen LogP contribution in [0, 0.1) is 11.8 Å². The van der Waals surface area contributed by atoms with Crippen LogP contribution in [0.2, 0.25) is 0 Å². The molecule has 4 rings (SSSR count). The molecule has 2 amide bonds. The number of hydrogen-bond donors (Lipinski definition) is 4. The van der Waals surface area contributed by atoms with Gasteiger partial charge in [0.2, 0.25) is 23.3 Å². The third-order valence-corrected chi connectivity index (χ3v) is 8.35. The van der Waals surface area contributed by atoms with Gasteiger partial charge in [-0.15, -0.1) is 0 Å². The molecule has 0 aliphatic heterocycles. The largest absolute Gasteiger partial charge is 0.502 e. The lowest BCUT2D eigenvalue weighted by atomic mass is 9.81.